The Hall–Kier alpha value is -0.770. The Balaban J connectivity index is 1.95. The van der Waals surface area contributed by atoms with Gasteiger partial charge >= 0.3 is 6.16 Å². The van der Waals surface area contributed by atoms with E-state index >= 15 is 0 Å². The average molecular weight is 171 g/mol. The third-order valence-corrected chi connectivity index (χ3v) is 2.85. The molecule has 0 aromatic carbocycles. The molecule has 3 aliphatic rings. The minimum Gasteiger partial charge on any atom is -0.450 e. The Morgan fingerprint density at radius 2 is 2.08 bits per heavy atom. The highest BCUT2D eigenvalue weighted by Gasteiger charge is 2.36. The van der Waals surface area contributed by atoms with Gasteiger partial charge in [-0.2, -0.15) is 0 Å². The molecule has 0 unspecified atom stereocenters. The fraction of sp³-hybridized carbons (Fsp3) is 0.875. The van der Waals surface area contributed by atoms with Crippen LogP contribution < -0.4 is 0 Å². The fourth-order valence-electron chi connectivity index (χ4n) is 2.17. The maximum atomic E-state index is 10.3. The van der Waals surface area contributed by atoms with Crippen LogP contribution in [0.5, 0.6) is 0 Å². The molecule has 68 valence electrons. The molecule has 3 fully saturated rings. The van der Waals surface area contributed by atoms with Gasteiger partial charge in [0.25, 0.3) is 0 Å². The Morgan fingerprint density at radius 1 is 1.42 bits per heavy atom. The largest absolute Gasteiger partial charge is 0.506 e. The number of carboxylic acid groups (broad SMARTS) is 1. The molecule has 3 aliphatic heterocycles. The fourth-order valence-corrected chi connectivity index (χ4v) is 2.17. The number of ether oxygens (including phenoxy) is 1. The predicted molar refractivity (Wildman–Crippen MR) is 42.1 cm³/mol. The summed E-state index contributed by atoms with van der Waals surface area (Å²) < 4.78 is 4.80. The first-order chi connectivity index (χ1) is 5.75. The molecule has 0 aromatic heterocycles. The minimum absolute atomic E-state index is 0.0648. The molecule has 3 rings (SSSR count). The van der Waals surface area contributed by atoms with Crippen LogP contribution in [0.4, 0.5) is 4.79 Å². The van der Waals surface area contributed by atoms with E-state index in [-0.39, 0.29) is 6.10 Å². The van der Waals surface area contributed by atoms with Crippen LogP contribution in [0, 0.1) is 5.92 Å². The SMILES string of the molecule is O=C(O)O[C@@H]1CN2CCC1CC2. The second-order valence-corrected chi connectivity index (χ2v) is 3.56. The monoisotopic (exact) mass is 171 g/mol. The van der Waals surface area contributed by atoms with E-state index in [1.54, 1.807) is 0 Å². The summed E-state index contributed by atoms with van der Waals surface area (Å²) in [6.45, 7) is 3.03. The summed E-state index contributed by atoms with van der Waals surface area (Å²) in [5, 5.41) is 8.45. The standard InChI is InChI=1S/C8H13NO3/c10-8(11)12-7-5-9-3-1-6(7)2-4-9/h6-7H,1-5H2,(H,10,11)/t7-/m1/s1. The van der Waals surface area contributed by atoms with Crippen LogP contribution in [0.2, 0.25) is 0 Å². The Kier molecular flexibility index (Phi) is 1.92. The van der Waals surface area contributed by atoms with Crippen molar-refractivity contribution in [3.05, 3.63) is 0 Å². The number of piperidine rings is 3. The lowest BCUT2D eigenvalue weighted by Gasteiger charge is -2.43. The second kappa shape index (κ2) is 2.94. The van der Waals surface area contributed by atoms with Crippen LogP contribution in [0.1, 0.15) is 12.8 Å². The van der Waals surface area contributed by atoms with E-state index in [0.29, 0.717) is 5.92 Å². The topological polar surface area (TPSA) is 49.8 Å². The van der Waals surface area contributed by atoms with Crippen molar-refractivity contribution in [2.75, 3.05) is 19.6 Å². The highest BCUT2D eigenvalue weighted by Crippen LogP contribution is 2.29. The van der Waals surface area contributed by atoms with E-state index in [1.807, 2.05) is 0 Å². The first-order valence-electron chi connectivity index (χ1n) is 4.37. The van der Waals surface area contributed by atoms with Gasteiger partial charge in [-0.05, 0) is 31.8 Å². The normalized spacial score (nSPS) is 39.5. The maximum Gasteiger partial charge on any atom is 0.506 e. The van der Waals surface area contributed by atoms with Crippen molar-refractivity contribution in [1.82, 2.24) is 4.90 Å². The summed E-state index contributed by atoms with van der Waals surface area (Å²) in [5.74, 6) is 0.478. The van der Waals surface area contributed by atoms with Crippen molar-refractivity contribution in [3.63, 3.8) is 0 Å². The van der Waals surface area contributed by atoms with Gasteiger partial charge in [0.05, 0.1) is 0 Å². The van der Waals surface area contributed by atoms with Crippen molar-refractivity contribution in [1.29, 1.82) is 0 Å². The first kappa shape index (κ1) is 7.86. The van der Waals surface area contributed by atoms with Gasteiger partial charge in [0.15, 0.2) is 0 Å². The van der Waals surface area contributed by atoms with Crippen LogP contribution in [-0.2, 0) is 4.74 Å². The van der Waals surface area contributed by atoms with E-state index < -0.39 is 6.16 Å². The summed E-state index contributed by atoms with van der Waals surface area (Å²) in [7, 11) is 0. The highest BCUT2D eigenvalue weighted by molar-refractivity contribution is 5.57. The number of nitrogens with zero attached hydrogens (tertiary/aromatic N) is 1. The molecule has 4 heteroatoms. The number of hydrogen-bond acceptors (Lipinski definition) is 3. The minimum atomic E-state index is -1.13. The van der Waals surface area contributed by atoms with Crippen molar-refractivity contribution in [3.8, 4) is 0 Å². The average Bonchev–Trinajstić information content (AvgIpc) is 2.05. The Bertz CT molecular complexity index is 187. The lowest BCUT2D eigenvalue weighted by atomic mass is 9.86. The van der Waals surface area contributed by atoms with Crippen LogP contribution >= 0.6 is 0 Å². The number of carbonyl (C=O) groups is 1. The zero-order valence-electron chi connectivity index (χ0n) is 6.90. The van der Waals surface area contributed by atoms with Gasteiger partial charge < -0.3 is 9.84 Å². The van der Waals surface area contributed by atoms with Gasteiger partial charge in [-0.1, -0.05) is 0 Å². The number of rotatable bonds is 1. The van der Waals surface area contributed by atoms with Crippen LogP contribution in [0.15, 0.2) is 0 Å². The van der Waals surface area contributed by atoms with E-state index in [4.69, 9.17) is 9.84 Å². The smallest absolute Gasteiger partial charge is 0.450 e. The Labute approximate surface area is 71.1 Å². The molecular formula is C8H13NO3. The number of fused-ring (bicyclic) bond motifs is 3. The summed E-state index contributed by atoms with van der Waals surface area (Å²) in [5.41, 5.74) is 0. The molecule has 0 aliphatic carbocycles. The zero-order valence-corrected chi connectivity index (χ0v) is 6.90. The molecule has 12 heavy (non-hydrogen) atoms. The molecule has 1 N–H and O–H groups in total. The molecule has 3 saturated heterocycles. The van der Waals surface area contributed by atoms with Gasteiger partial charge in [-0.25, -0.2) is 4.79 Å². The van der Waals surface area contributed by atoms with Crippen molar-refractivity contribution in [2.24, 2.45) is 5.92 Å². The third kappa shape index (κ3) is 1.39. The molecule has 1 atom stereocenters. The second-order valence-electron chi connectivity index (χ2n) is 3.56. The lowest BCUT2D eigenvalue weighted by molar-refractivity contribution is -0.0489. The maximum absolute atomic E-state index is 10.3. The van der Waals surface area contributed by atoms with Crippen LogP contribution in [0.25, 0.3) is 0 Å². The summed E-state index contributed by atoms with van der Waals surface area (Å²) in [6.07, 6.45) is 0.995. The van der Waals surface area contributed by atoms with Gasteiger partial charge in [0.2, 0.25) is 0 Å². The van der Waals surface area contributed by atoms with Crippen molar-refractivity contribution < 1.29 is 14.6 Å². The van der Waals surface area contributed by atoms with E-state index in [0.717, 1.165) is 32.5 Å². The summed E-state index contributed by atoms with van der Waals surface area (Å²) >= 11 is 0. The van der Waals surface area contributed by atoms with E-state index in [2.05, 4.69) is 4.90 Å². The third-order valence-electron chi connectivity index (χ3n) is 2.85. The van der Waals surface area contributed by atoms with Crippen LogP contribution in [-0.4, -0.2) is 41.9 Å². The molecule has 0 amide bonds. The highest BCUT2D eigenvalue weighted by atomic mass is 16.7. The van der Waals surface area contributed by atoms with E-state index in [1.165, 1.54) is 0 Å². The zero-order chi connectivity index (χ0) is 8.55. The molecule has 0 spiro atoms. The van der Waals surface area contributed by atoms with E-state index in [9.17, 15) is 4.79 Å². The van der Waals surface area contributed by atoms with Gasteiger partial charge in [-0.3, -0.25) is 4.90 Å². The van der Waals surface area contributed by atoms with Gasteiger partial charge in [0, 0.05) is 6.54 Å². The summed E-state index contributed by atoms with van der Waals surface area (Å²) in [6, 6.07) is 0. The molecule has 4 nitrogen and oxygen atoms in total. The summed E-state index contributed by atoms with van der Waals surface area (Å²) in [4.78, 5) is 12.6. The lowest BCUT2D eigenvalue weighted by Crippen LogP contribution is -2.51. The van der Waals surface area contributed by atoms with Crippen molar-refractivity contribution in [2.45, 2.75) is 18.9 Å². The molecule has 0 saturated carbocycles. The number of hydrogen-bond donors (Lipinski definition) is 1. The first-order valence-corrected chi connectivity index (χ1v) is 4.37. The van der Waals surface area contributed by atoms with Crippen molar-refractivity contribution >= 4 is 6.16 Å². The molecule has 0 radical (unpaired) electrons. The Morgan fingerprint density at radius 3 is 2.50 bits per heavy atom. The molecule has 3 heterocycles. The quantitative estimate of drug-likeness (QED) is 0.592. The molecular weight excluding hydrogens is 158 g/mol. The molecule has 0 aromatic rings. The van der Waals surface area contributed by atoms with Gasteiger partial charge in [-0.15, -0.1) is 0 Å². The van der Waals surface area contributed by atoms with Gasteiger partial charge in [0.1, 0.15) is 6.10 Å². The molecule has 2 bridgehead atoms. The van der Waals surface area contributed by atoms with Crippen LogP contribution in [0.3, 0.4) is 0 Å². The predicted octanol–water partition coefficient (Wildman–Crippen LogP) is 0.775.